The average molecular weight is 445 g/mol. The van der Waals surface area contributed by atoms with Gasteiger partial charge < -0.3 is 10.1 Å². The lowest BCUT2D eigenvalue weighted by atomic mass is 10.3. The topological polar surface area (TPSA) is 75.7 Å². The molecule has 2 aromatic carbocycles. The number of hydrogen-bond acceptors (Lipinski definition) is 4. The lowest BCUT2D eigenvalue weighted by Crippen LogP contribution is -2.39. The lowest BCUT2D eigenvalue weighted by Gasteiger charge is -2.17. The van der Waals surface area contributed by atoms with Gasteiger partial charge >= 0.3 is 0 Å². The number of likely N-dealkylation sites (N-methyl/N-ethyl adjacent to an activating group) is 1. The van der Waals surface area contributed by atoms with Crippen LogP contribution in [0.15, 0.2) is 57.9 Å². The number of ether oxygens (including phenoxy) is 1. The van der Waals surface area contributed by atoms with Crippen molar-refractivity contribution in [2.24, 2.45) is 0 Å². The minimum Gasteiger partial charge on any atom is -0.492 e. The first kappa shape index (κ1) is 20.3. The molecule has 1 amide bonds. The summed E-state index contributed by atoms with van der Waals surface area (Å²) < 4.78 is 44.8. The number of sulfonamides is 1. The molecular formula is C17H18BrFN2O4S. The van der Waals surface area contributed by atoms with Gasteiger partial charge in [-0.05, 0) is 36.4 Å². The quantitative estimate of drug-likeness (QED) is 0.634. The number of nitrogens with one attached hydrogen (secondary N) is 1. The Bertz CT molecular complexity index is 859. The third-order valence-corrected chi connectivity index (χ3v) is 5.72. The van der Waals surface area contributed by atoms with E-state index in [1.165, 1.54) is 37.4 Å². The number of carbonyl (C=O) groups is 1. The summed E-state index contributed by atoms with van der Waals surface area (Å²) >= 11 is 3.24. The van der Waals surface area contributed by atoms with Gasteiger partial charge in [0, 0.05) is 17.6 Å². The zero-order valence-electron chi connectivity index (χ0n) is 14.0. The molecule has 2 rings (SSSR count). The molecule has 0 unspecified atom stereocenters. The monoisotopic (exact) mass is 444 g/mol. The Labute approximate surface area is 160 Å². The summed E-state index contributed by atoms with van der Waals surface area (Å²) in [6, 6.07) is 11.8. The Morgan fingerprint density at radius 3 is 2.58 bits per heavy atom. The maximum absolute atomic E-state index is 13.0. The van der Waals surface area contributed by atoms with E-state index in [-0.39, 0.29) is 24.6 Å². The zero-order valence-corrected chi connectivity index (χ0v) is 16.4. The van der Waals surface area contributed by atoms with Gasteiger partial charge in [-0.2, -0.15) is 4.31 Å². The smallest absolute Gasteiger partial charge is 0.243 e. The molecule has 0 atom stereocenters. The molecule has 0 aliphatic heterocycles. The highest BCUT2D eigenvalue weighted by molar-refractivity contribution is 9.10. The maximum Gasteiger partial charge on any atom is 0.243 e. The first-order valence-corrected chi connectivity index (χ1v) is 9.89. The first-order chi connectivity index (χ1) is 12.3. The van der Waals surface area contributed by atoms with Crippen LogP contribution in [0.3, 0.4) is 0 Å². The highest BCUT2D eigenvalue weighted by Gasteiger charge is 2.22. The number of halogens is 2. The second kappa shape index (κ2) is 9.11. The predicted octanol–water partition coefficient (Wildman–Crippen LogP) is 2.40. The van der Waals surface area contributed by atoms with Gasteiger partial charge in [0.1, 0.15) is 18.2 Å². The van der Waals surface area contributed by atoms with Crippen LogP contribution in [-0.2, 0) is 14.8 Å². The summed E-state index contributed by atoms with van der Waals surface area (Å²) in [5.41, 5.74) is 0. The first-order valence-electron chi connectivity index (χ1n) is 7.66. The average Bonchev–Trinajstić information content (AvgIpc) is 2.59. The Morgan fingerprint density at radius 1 is 1.23 bits per heavy atom. The van der Waals surface area contributed by atoms with E-state index in [2.05, 4.69) is 21.2 Å². The van der Waals surface area contributed by atoms with Gasteiger partial charge in [0.2, 0.25) is 15.9 Å². The zero-order chi connectivity index (χ0) is 19.2. The summed E-state index contributed by atoms with van der Waals surface area (Å²) in [4.78, 5) is 12.0. The van der Waals surface area contributed by atoms with Crippen molar-refractivity contribution in [2.75, 3.05) is 26.7 Å². The number of amides is 1. The lowest BCUT2D eigenvalue weighted by molar-refractivity contribution is -0.121. The molecule has 6 nitrogen and oxygen atoms in total. The molecule has 0 bridgehead atoms. The van der Waals surface area contributed by atoms with E-state index >= 15 is 0 Å². The number of benzene rings is 2. The molecule has 0 heterocycles. The largest absolute Gasteiger partial charge is 0.492 e. The van der Waals surface area contributed by atoms with E-state index in [1.807, 2.05) is 0 Å². The van der Waals surface area contributed by atoms with Gasteiger partial charge in [0.05, 0.1) is 18.0 Å². The Kier molecular flexibility index (Phi) is 7.13. The third-order valence-electron chi connectivity index (χ3n) is 3.38. The molecule has 0 aromatic heterocycles. The standard InChI is InChI=1S/C17H18BrFN2O4S/c1-21(26(23,24)16-7-5-13(18)6-8-16)12-17(22)20-9-10-25-15-4-2-3-14(19)11-15/h2-8,11H,9-10,12H2,1H3,(H,20,22). The molecule has 140 valence electrons. The SMILES string of the molecule is CN(CC(=O)NCCOc1cccc(F)c1)S(=O)(=O)c1ccc(Br)cc1. The van der Waals surface area contributed by atoms with Crippen LogP contribution in [-0.4, -0.2) is 45.4 Å². The van der Waals surface area contributed by atoms with Crippen molar-refractivity contribution < 1.29 is 22.3 Å². The highest BCUT2D eigenvalue weighted by Crippen LogP contribution is 2.17. The van der Waals surface area contributed by atoms with Gasteiger partial charge in [0.25, 0.3) is 0 Å². The van der Waals surface area contributed by atoms with Crippen molar-refractivity contribution in [1.82, 2.24) is 9.62 Å². The van der Waals surface area contributed by atoms with Gasteiger partial charge in [-0.25, -0.2) is 12.8 Å². The van der Waals surface area contributed by atoms with Crippen LogP contribution in [0, 0.1) is 5.82 Å². The Balaban J connectivity index is 1.80. The van der Waals surface area contributed by atoms with Crippen molar-refractivity contribution in [3.63, 3.8) is 0 Å². The van der Waals surface area contributed by atoms with Crippen LogP contribution in [0.2, 0.25) is 0 Å². The van der Waals surface area contributed by atoms with Crippen LogP contribution in [0.4, 0.5) is 4.39 Å². The minimum atomic E-state index is -3.75. The van der Waals surface area contributed by atoms with Crippen LogP contribution in [0.25, 0.3) is 0 Å². The molecule has 0 saturated carbocycles. The van der Waals surface area contributed by atoms with Gasteiger partial charge in [0.15, 0.2) is 0 Å². The Hall–Kier alpha value is -1.97. The van der Waals surface area contributed by atoms with Crippen LogP contribution in [0.5, 0.6) is 5.75 Å². The van der Waals surface area contributed by atoms with E-state index in [0.717, 1.165) is 8.78 Å². The highest BCUT2D eigenvalue weighted by atomic mass is 79.9. The molecule has 0 aliphatic carbocycles. The normalized spacial score (nSPS) is 11.4. The van der Waals surface area contributed by atoms with Gasteiger partial charge in [-0.3, -0.25) is 4.79 Å². The predicted molar refractivity (Wildman–Crippen MR) is 98.9 cm³/mol. The van der Waals surface area contributed by atoms with Crippen LogP contribution in [0.1, 0.15) is 0 Å². The molecule has 9 heteroatoms. The van der Waals surface area contributed by atoms with E-state index in [9.17, 15) is 17.6 Å². The van der Waals surface area contributed by atoms with Crippen molar-refractivity contribution in [3.05, 3.63) is 58.8 Å². The van der Waals surface area contributed by atoms with E-state index in [0.29, 0.717) is 5.75 Å². The summed E-state index contributed by atoms with van der Waals surface area (Å²) in [5, 5.41) is 2.56. The molecule has 2 aromatic rings. The van der Waals surface area contributed by atoms with Gasteiger partial charge in [-0.15, -0.1) is 0 Å². The van der Waals surface area contributed by atoms with E-state index in [4.69, 9.17) is 4.74 Å². The fraction of sp³-hybridized carbons (Fsp3) is 0.235. The summed E-state index contributed by atoms with van der Waals surface area (Å²) in [5.74, 6) is -0.517. The summed E-state index contributed by atoms with van der Waals surface area (Å²) in [6.07, 6.45) is 0. The van der Waals surface area contributed by atoms with Crippen molar-refractivity contribution in [3.8, 4) is 5.75 Å². The maximum atomic E-state index is 13.0. The van der Waals surface area contributed by atoms with Crippen molar-refractivity contribution in [2.45, 2.75) is 4.90 Å². The molecule has 26 heavy (non-hydrogen) atoms. The molecule has 0 radical (unpaired) electrons. The molecule has 0 spiro atoms. The van der Waals surface area contributed by atoms with Crippen molar-refractivity contribution >= 4 is 31.9 Å². The summed E-state index contributed by atoms with van der Waals surface area (Å²) in [7, 11) is -2.42. The molecule has 0 fully saturated rings. The van der Waals surface area contributed by atoms with Gasteiger partial charge in [-0.1, -0.05) is 22.0 Å². The number of carbonyl (C=O) groups excluding carboxylic acids is 1. The molecule has 0 aliphatic rings. The summed E-state index contributed by atoms with van der Waals surface area (Å²) in [6.45, 7) is -0.0156. The minimum absolute atomic E-state index is 0.102. The fourth-order valence-electron chi connectivity index (χ4n) is 2.05. The second-order valence-electron chi connectivity index (χ2n) is 5.37. The Morgan fingerprint density at radius 2 is 1.92 bits per heavy atom. The number of rotatable bonds is 8. The second-order valence-corrected chi connectivity index (χ2v) is 8.33. The molecule has 0 saturated heterocycles. The number of nitrogens with zero attached hydrogens (tertiary/aromatic N) is 1. The van der Waals surface area contributed by atoms with Crippen LogP contribution >= 0.6 is 15.9 Å². The van der Waals surface area contributed by atoms with Crippen LogP contribution < -0.4 is 10.1 Å². The molecular weight excluding hydrogens is 427 g/mol. The molecule has 1 N–H and O–H groups in total. The third kappa shape index (κ3) is 5.79. The van der Waals surface area contributed by atoms with E-state index < -0.39 is 21.7 Å². The fourth-order valence-corrected chi connectivity index (χ4v) is 3.44. The van der Waals surface area contributed by atoms with E-state index in [1.54, 1.807) is 18.2 Å². The number of hydrogen-bond donors (Lipinski definition) is 1. The van der Waals surface area contributed by atoms with Crippen molar-refractivity contribution in [1.29, 1.82) is 0 Å².